The molecule has 1 heterocycles. The van der Waals surface area contributed by atoms with Crippen molar-refractivity contribution in [3.8, 4) is 0 Å². The molecule has 0 amide bonds. The van der Waals surface area contributed by atoms with E-state index in [0.29, 0.717) is 13.1 Å². The second-order valence-corrected chi connectivity index (χ2v) is 7.10. The van der Waals surface area contributed by atoms with Crippen molar-refractivity contribution in [3.05, 3.63) is 0 Å². The molecule has 0 bridgehead atoms. The minimum Gasteiger partial charge on any atom is -0.391 e. The summed E-state index contributed by atoms with van der Waals surface area (Å²) in [6.07, 6.45) is 5.25. The molecule has 17 heavy (non-hydrogen) atoms. The van der Waals surface area contributed by atoms with Crippen molar-refractivity contribution in [2.75, 3.05) is 32.4 Å². The first-order chi connectivity index (χ1) is 7.98. The summed E-state index contributed by atoms with van der Waals surface area (Å²) >= 11 is 0. The quantitative estimate of drug-likeness (QED) is 0.753. The zero-order chi connectivity index (χ0) is 12.5. The van der Waals surface area contributed by atoms with Crippen molar-refractivity contribution in [2.24, 2.45) is 0 Å². The third-order valence-corrected chi connectivity index (χ3v) is 5.21. The molecule has 2 aliphatic rings. The van der Waals surface area contributed by atoms with Crippen molar-refractivity contribution in [1.29, 1.82) is 0 Å². The van der Waals surface area contributed by atoms with Crippen LogP contribution in [-0.4, -0.2) is 67.3 Å². The average molecular weight is 262 g/mol. The Hall–Kier alpha value is -0.170. The smallest absolute Gasteiger partial charge is 0.211 e. The lowest BCUT2D eigenvalue weighted by molar-refractivity contribution is 0.00647. The van der Waals surface area contributed by atoms with Gasteiger partial charge in [-0.2, -0.15) is 4.31 Å². The van der Waals surface area contributed by atoms with Gasteiger partial charge in [0.2, 0.25) is 10.0 Å². The Kier molecular flexibility index (Phi) is 4.07. The molecule has 0 aromatic heterocycles. The second kappa shape index (κ2) is 5.22. The van der Waals surface area contributed by atoms with Gasteiger partial charge in [0.15, 0.2) is 0 Å². The van der Waals surface area contributed by atoms with Crippen molar-refractivity contribution < 1.29 is 13.5 Å². The molecule has 1 saturated heterocycles. The minimum atomic E-state index is -3.05. The van der Waals surface area contributed by atoms with Gasteiger partial charge in [0, 0.05) is 32.2 Å². The Morgan fingerprint density at radius 3 is 2.18 bits per heavy atom. The van der Waals surface area contributed by atoms with E-state index in [-0.39, 0.29) is 12.1 Å². The lowest BCUT2D eigenvalue weighted by Crippen LogP contribution is -2.55. The summed E-state index contributed by atoms with van der Waals surface area (Å²) < 4.78 is 24.3. The molecule has 0 unspecified atom stereocenters. The normalized spacial score (nSPS) is 33.8. The summed E-state index contributed by atoms with van der Waals surface area (Å²) in [5.41, 5.74) is 0. The van der Waals surface area contributed by atoms with Gasteiger partial charge in [-0.05, 0) is 12.8 Å². The first-order valence-corrected chi connectivity index (χ1v) is 8.20. The van der Waals surface area contributed by atoms with Crippen LogP contribution in [0.2, 0.25) is 0 Å². The van der Waals surface area contributed by atoms with E-state index in [1.807, 2.05) is 0 Å². The Labute approximate surface area is 103 Å². The fraction of sp³-hybridized carbons (Fsp3) is 1.00. The SMILES string of the molecule is CS(=O)(=O)N1CCN([C@@H]2CCCC[C@H]2O)CC1. The van der Waals surface area contributed by atoms with Crippen molar-refractivity contribution >= 4 is 10.0 Å². The van der Waals surface area contributed by atoms with Gasteiger partial charge in [0.05, 0.1) is 12.4 Å². The van der Waals surface area contributed by atoms with Crippen LogP contribution in [0.1, 0.15) is 25.7 Å². The zero-order valence-electron chi connectivity index (χ0n) is 10.4. The molecule has 1 saturated carbocycles. The van der Waals surface area contributed by atoms with Gasteiger partial charge in [0.25, 0.3) is 0 Å². The minimum absolute atomic E-state index is 0.228. The third-order valence-electron chi connectivity index (χ3n) is 3.91. The summed E-state index contributed by atoms with van der Waals surface area (Å²) in [4.78, 5) is 2.26. The fourth-order valence-electron chi connectivity index (χ4n) is 2.88. The fourth-order valence-corrected chi connectivity index (χ4v) is 3.71. The average Bonchev–Trinajstić information content (AvgIpc) is 2.29. The molecule has 5 nitrogen and oxygen atoms in total. The number of sulfonamides is 1. The van der Waals surface area contributed by atoms with Crippen LogP contribution in [0.15, 0.2) is 0 Å². The van der Waals surface area contributed by atoms with Gasteiger partial charge in [-0.1, -0.05) is 12.8 Å². The van der Waals surface area contributed by atoms with Crippen LogP contribution in [0, 0.1) is 0 Å². The molecule has 1 N–H and O–H groups in total. The molecule has 0 aromatic carbocycles. The summed E-state index contributed by atoms with van der Waals surface area (Å²) in [7, 11) is -3.05. The van der Waals surface area contributed by atoms with E-state index in [1.54, 1.807) is 0 Å². The molecule has 0 aromatic rings. The first kappa shape index (κ1) is 13.3. The number of hydrogen-bond donors (Lipinski definition) is 1. The van der Waals surface area contributed by atoms with Crippen LogP contribution in [0.5, 0.6) is 0 Å². The maximum absolute atomic E-state index is 11.4. The van der Waals surface area contributed by atoms with Crippen LogP contribution in [0.3, 0.4) is 0 Å². The predicted molar refractivity (Wildman–Crippen MR) is 66.3 cm³/mol. The molecule has 1 aliphatic carbocycles. The van der Waals surface area contributed by atoms with Gasteiger partial charge in [0.1, 0.15) is 0 Å². The largest absolute Gasteiger partial charge is 0.391 e. The van der Waals surface area contributed by atoms with Crippen molar-refractivity contribution in [3.63, 3.8) is 0 Å². The third kappa shape index (κ3) is 3.19. The highest BCUT2D eigenvalue weighted by Crippen LogP contribution is 2.24. The van der Waals surface area contributed by atoms with Crippen LogP contribution in [0.25, 0.3) is 0 Å². The Bertz CT molecular complexity index is 350. The lowest BCUT2D eigenvalue weighted by atomic mass is 9.91. The highest BCUT2D eigenvalue weighted by Gasteiger charge is 2.32. The Morgan fingerprint density at radius 1 is 1.06 bits per heavy atom. The van der Waals surface area contributed by atoms with Crippen LogP contribution in [-0.2, 0) is 10.0 Å². The summed E-state index contributed by atoms with van der Waals surface area (Å²) in [6.45, 7) is 2.60. The van der Waals surface area contributed by atoms with Crippen LogP contribution < -0.4 is 0 Å². The van der Waals surface area contributed by atoms with Crippen LogP contribution >= 0.6 is 0 Å². The predicted octanol–water partition coefficient (Wildman–Crippen LogP) is -0.133. The van der Waals surface area contributed by atoms with Crippen molar-refractivity contribution in [1.82, 2.24) is 9.21 Å². The molecule has 100 valence electrons. The van der Waals surface area contributed by atoms with E-state index in [1.165, 1.54) is 17.0 Å². The lowest BCUT2D eigenvalue weighted by Gasteiger charge is -2.42. The first-order valence-electron chi connectivity index (χ1n) is 6.36. The number of aliphatic hydroxyl groups is 1. The van der Waals surface area contributed by atoms with Crippen LogP contribution in [0.4, 0.5) is 0 Å². The van der Waals surface area contributed by atoms with Crippen molar-refractivity contribution in [2.45, 2.75) is 37.8 Å². The highest BCUT2D eigenvalue weighted by molar-refractivity contribution is 7.88. The molecule has 2 atom stereocenters. The standard InChI is InChI=1S/C11H22N2O3S/c1-17(15,16)13-8-6-12(7-9-13)10-4-2-3-5-11(10)14/h10-11,14H,2-9H2,1H3/t10-,11-/m1/s1. The summed E-state index contributed by atoms with van der Waals surface area (Å²) in [5.74, 6) is 0. The van der Waals surface area contributed by atoms with E-state index < -0.39 is 10.0 Å². The number of nitrogens with zero attached hydrogens (tertiary/aromatic N) is 2. The molecular formula is C11H22N2O3S. The van der Waals surface area contributed by atoms with E-state index in [4.69, 9.17) is 0 Å². The number of aliphatic hydroxyl groups excluding tert-OH is 1. The molecular weight excluding hydrogens is 240 g/mol. The molecule has 1 aliphatic heterocycles. The maximum Gasteiger partial charge on any atom is 0.211 e. The Morgan fingerprint density at radius 2 is 1.65 bits per heavy atom. The molecule has 2 fully saturated rings. The van der Waals surface area contributed by atoms with E-state index >= 15 is 0 Å². The molecule has 6 heteroatoms. The summed E-state index contributed by atoms with van der Waals surface area (Å²) in [6, 6.07) is 0.241. The zero-order valence-corrected chi connectivity index (χ0v) is 11.2. The highest BCUT2D eigenvalue weighted by atomic mass is 32.2. The van der Waals surface area contributed by atoms with Gasteiger partial charge in [-0.3, -0.25) is 4.90 Å². The topological polar surface area (TPSA) is 60.9 Å². The number of hydrogen-bond acceptors (Lipinski definition) is 4. The monoisotopic (exact) mass is 262 g/mol. The second-order valence-electron chi connectivity index (χ2n) is 5.12. The Balaban J connectivity index is 1.90. The maximum atomic E-state index is 11.4. The van der Waals surface area contributed by atoms with Gasteiger partial charge in [-0.15, -0.1) is 0 Å². The van der Waals surface area contributed by atoms with Gasteiger partial charge < -0.3 is 5.11 Å². The van der Waals surface area contributed by atoms with Gasteiger partial charge in [-0.25, -0.2) is 8.42 Å². The summed E-state index contributed by atoms with van der Waals surface area (Å²) in [5, 5.41) is 9.97. The number of piperazine rings is 1. The number of rotatable bonds is 2. The molecule has 0 radical (unpaired) electrons. The molecule has 0 spiro atoms. The van der Waals surface area contributed by atoms with E-state index in [2.05, 4.69) is 4.90 Å². The van der Waals surface area contributed by atoms with E-state index in [0.717, 1.165) is 32.4 Å². The van der Waals surface area contributed by atoms with Gasteiger partial charge >= 0.3 is 0 Å². The van der Waals surface area contributed by atoms with E-state index in [9.17, 15) is 13.5 Å². The molecule has 2 rings (SSSR count).